The van der Waals surface area contributed by atoms with Gasteiger partial charge in [-0.1, -0.05) is 43.3 Å². The average Bonchev–Trinajstić information content (AvgIpc) is 3.08. The summed E-state index contributed by atoms with van der Waals surface area (Å²) in [6.07, 6.45) is 0.889. The van der Waals surface area contributed by atoms with Crippen LogP contribution in [0.1, 0.15) is 41.6 Å². The standard InChI is InChI=1S/C28H27NO4/c1-4-16-33-22-14-12-20(13-15-22)26(30)24-25(23-11-6-5-9-19(23)3)29(28(32)27(24)31)21-10-7-8-18(2)17-21/h5-15,17,25,30H,4,16H2,1-3H3/b26-24+. The highest BCUT2D eigenvalue weighted by Crippen LogP contribution is 2.43. The number of hydrogen-bond acceptors (Lipinski definition) is 4. The second kappa shape index (κ2) is 9.33. The summed E-state index contributed by atoms with van der Waals surface area (Å²) in [5.74, 6) is -0.866. The van der Waals surface area contributed by atoms with Crippen molar-refractivity contribution in [1.29, 1.82) is 0 Å². The predicted octanol–water partition coefficient (Wildman–Crippen LogP) is 5.72. The number of carbonyl (C=O) groups excluding carboxylic acids is 2. The number of anilines is 1. The molecule has 0 aromatic heterocycles. The lowest BCUT2D eigenvalue weighted by molar-refractivity contribution is -0.132. The number of Topliss-reactive ketones (excluding diaryl/α,β-unsaturated/α-hetero) is 1. The summed E-state index contributed by atoms with van der Waals surface area (Å²) < 4.78 is 5.62. The third-order valence-corrected chi connectivity index (χ3v) is 5.81. The van der Waals surface area contributed by atoms with E-state index in [4.69, 9.17) is 4.74 Å². The maximum absolute atomic E-state index is 13.3. The molecule has 0 bridgehead atoms. The summed E-state index contributed by atoms with van der Waals surface area (Å²) in [4.78, 5) is 28.0. The number of carbonyl (C=O) groups is 2. The molecule has 33 heavy (non-hydrogen) atoms. The van der Waals surface area contributed by atoms with Crippen LogP contribution in [-0.4, -0.2) is 23.4 Å². The van der Waals surface area contributed by atoms with Crippen molar-refractivity contribution in [2.45, 2.75) is 33.2 Å². The summed E-state index contributed by atoms with van der Waals surface area (Å²) in [6.45, 7) is 6.50. The van der Waals surface area contributed by atoms with Crippen LogP contribution < -0.4 is 9.64 Å². The van der Waals surface area contributed by atoms with Gasteiger partial charge in [0.2, 0.25) is 0 Å². The molecule has 1 amide bonds. The zero-order chi connectivity index (χ0) is 23.5. The molecule has 1 atom stereocenters. The zero-order valence-corrected chi connectivity index (χ0v) is 19.0. The predicted molar refractivity (Wildman–Crippen MR) is 129 cm³/mol. The Morgan fingerprint density at radius 3 is 2.36 bits per heavy atom. The van der Waals surface area contributed by atoms with Crippen LogP contribution in [0.5, 0.6) is 5.75 Å². The number of hydrogen-bond donors (Lipinski definition) is 1. The first kappa shape index (κ1) is 22.3. The van der Waals surface area contributed by atoms with Gasteiger partial charge in [0.25, 0.3) is 11.7 Å². The van der Waals surface area contributed by atoms with E-state index in [0.717, 1.165) is 23.1 Å². The monoisotopic (exact) mass is 441 g/mol. The van der Waals surface area contributed by atoms with E-state index in [1.165, 1.54) is 4.90 Å². The number of ketones is 1. The van der Waals surface area contributed by atoms with Gasteiger partial charge in [-0.3, -0.25) is 14.5 Å². The first-order valence-corrected chi connectivity index (χ1v) is 11.1. The van der Waals surface area contributed by atoms with Gasteiger partial charge in [0, 0.05) is 11.3 Å². The number of rotatable bonds is 6. The van der Waals surface area contributed by atoms with E-state index >= 15 is 0 Å². The molecule has 5 nitrogen and oxygen atoms in total. The third-order valence-electron chi connectivity index (χ3n) is 5.81. The molecular weight excluding hydrogens is 414 g/mol. The van der Waals surface area contributed by atoms with Gasteiger partial charge in [-0.2, -0.15) is 0 Å². The second-order valence-corrected chi connectivity index (χ2v) is 8.24. The second-order valence-electron chi connectivity index (χ2n) is 8.24. The van der Waals surface area contributed by atoms with E-state index in [2.05, 4.69) is 0 Å². The van der Waals surface area contributed by atoms with Crippen molar-refractivity contribution in [3.63, 3.8) is 0 Å². The Bertz CT molecular complexity index is 1230. The van der Waals surface area contributed by atoms with E-state index in [0.29, 0.717) is 23.6 Å². The topological polar surface area (TPSA) is 66.8 Å². The fourth-order valence-corrected chi connectivity index (χ4v) is 4.15. The van der Waals surface area contributed by atoms with Gasteiger partial charge in [0.05, 0.1) is 18.2 Å². The van der Waals surface area contributed by atoms with Gasteiger partial charge in [-0.25, -0.2) is 0 Å². The van der Waals surface area contributed by atoms with E-state index in [1.807, 2.05) is 69.3 Å². The molecule has 5 heteroatoms. The van der Waals surface area contributed by atoms with Crippen molar-refractivity contribution in [3.8, 4) is 5.75 Å². The number of amides is 1. The number of benzene rings is 3. The van der Waals surface area contributed by atoms with Crippen molar-refractivity contribution in [3.05, 3.63) is 101 Å². The van der Waals surface area contributed by atoms with Gasteiger partial charge in [0.1, 0.15) is 11.5 Å². The Morgan fingerprint density at radius 2 is 1.70 bits per heavy atom. The SMILES string of the molecule is CCCOc1ccc(/C(O)=C2\C(=O)C(=O)N(c3cccc(C)c3)C2c2ccccc2C)cc1. The molecule has 1 heterocycles. The molecule has 0 saturated carbocycles. The molecule has 1 saturated heterocycles. The van der Waals surface area contributed by atoms with E-state index in [9.17, 15) is 14.7 Å². The van der Waals surface area contributed by atoms with E-state index in [1.54, 1.807) is 24.3 Å². The summed E-state index contributed by atoms with van der Waals surface area (Å²) in [5, 5.41) is 11.3. The minimum atomic E-state index is -0.732. The van der Waals surface area contributed by atoms with Crippen molar-refractivity contribution < 1.29 is 19.4 Å². The number of ether oxygens (including phenoxy) is 1. The van der Waals surface area contributed by atoms with Crippen molar-refractivity contribution in [1.82, 2.24) is 0 Å². The molecule has 3 aromatic rings. The highest BCUT2D eigenvalue weighted by molar-refractivity contribution is 6.51. The summed E-state index contributed by atoms with van der Waals surface area (Å²) >= 11 is 0. The number of nitrogens with zero attached hydrogens (tertiary/aromatic N) is 1. The molecular formula is C28H27NO4. The molecule has 1 N–H and O–H groups in total. The smallest absolute Gasteiger partial charge is 0.300 e. The van der Waals surface area contributed by atoms with Gasteiger partial charge < -0.3 is 9.84 Å². The quantitative estimate of drug-likeness (QED) is 0.302. The van der Waals surface area contributed by atoms with Crippen LogP contribution in [-0.2, 0) is 9.59 Å². The Labute approximate surface area is 193 Å². The highest BCUT2D eigenvalue weighted by atomic mass is 16.5. The van der Waals surface area contributed by atoms with Gasteiger partial charge in [0.15, 0.2) is 0 Å². The van der Waals surface area contributed by atoms with E-state index in [-0.39, 0.29) is 11.3 Å². The molecule has 0 spiro atoms. The zero-order valence-electron chi connectivity index (χ0n) is 19.0. The number of aryl methyl sites for hydroxylation is 2. The lowest BCUT2D eigenvalue weighted by atomic mass is 9.92. The van der Waals surface area contributed by atoms with Crippen LogP contribution in [0.25, 0.3) is 5.76 Å². The van der Waals surface area contributed by atoms with Crippen LogP contribution in [0.4, 0.5) is 5.69 Å². The average molecular weight is 442 g/mol. The summed E-state index contributed by atoms with van der Waals surface area (Å²) in [7, 11) is 0. The Morgan fingerprint density at radius 1 is 0.970 bits per heavy atom. The van der Waals surface area contributed by atoms with E-state index < -0.39 is 17.7 Å². The summed E-state index contributed by atoms with van der Waals surface area (Å²) in [5.41, 5.74) is 3.85. The fourth-order valence-electron chi connectivity index (χ4n) is 4.15. The number of aliphatic hydroxyl groups excluding tert-OH is 1. The molecule has 3 aromatic carbocycles. The fraction of sp³-hybridized carbons (Fsp3) is 0.214. The largest absolute Gasteiger partial charge is 0.507 e. The Balaban J connectivity index is 1.87. The van der Waals surface area contributed by atoms with Crippen molar-refractivity contribution in [2.24, 2.45) is 0 Å². The molecule has 168 valence electrons. The minimum absolute atomic E-state index is 0.0815. The highest BCUT2D eigenvalue weighted by Gasteiger charge is 2.47. The third kappa shape index (κ3) is 4.27. The van der Waals surface area contributed by atoms with Crippen LogP contribution >= 0.6 is 0 Å². The van der Waals surface area contributed by atoms with Crippen LogP contribution in [0, 0.1) is 13.8 Å². The lowest BCUT2D eigenvalue weighted by Crippen LogP contribution is -2.29. The lowest BCUT2D eigenvalue weighted by Gasteiger charge is -2.27. The number of aliphatic hydroxyl groups is 1. The minimum Gasteiger partial charge on any atom is -0.507 e. The van der Waals surface area contributed by atoms with Crippen LogP contribution in [0.2, 0.25) is 0 Å². The normalized spacial score (nSPS) is 17.4. The van der Waals surface area contributed by atoms with Gasteiger partial charge in [-0.15, -0.1) is 0 Å². The van der Waals surface area contributed by atoms with Crippen LogP contribution in [0.15, 0.2) is 78.4 Å². The maximum Gasteiger partial charge on any atom is 0.300 e. The first-order chi connectivity index (χ1) is 15.9. The molecule has 4 rings (SSSR count). The van der Waals surface area contributed by atoms with Crippen molar-refractivity contribution >= 4 is 23.1 Å². The molecule has 0 radical (unpaired) electrons. The Hall–Kier alpha value is -3.86. The molecule has 1 aliphatic heterocycles. The van der Waals surface area contributed by atoms with Crippen LogP contribution in [0.3, 0.4) is 0 Å². The first-order valence-electron chi connectivity index (χ1n) is 11.1. The van der Waals surface area contributed by atoms with Gasteiger partial charge in [-0.05, 0) is 73.4 Å². The van der Waals surface area contributed by atoms with Gasteiger partial charge >= 0.3 is 0 Å². The maximum atomic E-state index is 13.3. The molecule has 0 aliphatic carbocycles. The molecule has 1 fully saturated rings. The van der Waals surface area contributed by atoms with Crippen molar-refractivity contribution in [2.75, 3.05) is 11.5 Å². The summed E-state index contributed by atoms with van der Waals surface area (Å²) in [6, 6.07) is 21.3. The Kier molecular flexibility index (Phi) is 6.31. The molecule has 1 unspecified atom stereocenters. The molecule has 1 aliphatic rings.